The van der Waals surface area contributed by atoms with E-state index in [1.807, 2.05) is 13.8 Å². The Morgan fingerprint density at radius 3 is 1.98 bits per heavy atom. The second kappa shape index (κ2) is 17.5. The minimum Gasteiger partial charge on any atom is -0.420 e. The van der Waals surface area contributed by atoms with Gasteiger partial charge in [-0.2, -0.15) is 8.78 Å². The van der Waals surface area contributed by atoms with Gasteiger partial charge in [-0.25, -0.2) is 13.2 Å². The summed E-state index contributed by atoms with van der Waals surface area (Å²) < 4.78 is 85.2. The van der Waals surface area contributed by atoms with E-state index < -0.39 is 76.6 Å². The average Bonchev–Trinajstić information content (AvgIpc) is 3.56. The fourth-order valence-electron chi connectivity index (χ4n) is 5.88. The normalized spacial score (nSPS) is 18.1. The van der Waals surface area contributed by atoms with Crippen LogP contribution in [-0.4, -0.2) is 117 Å². The van der Waals surface area contributed by atoms with Crippen LogP contribution in [0.5, 0.6) is 5.75 Å². The molecule has 1 aliphatic heterocycles. The number of benzene rings is 1. The Labute approximate surface area is 284 Å². The molecule has 1 aliphatic rings. The Balaban J connectivity index is 2.24. The highest BCUT2D eigenvalue weighted by molar-refractivity contribution is 5.89. The largest absolute Gasteiger partial charge is 0.420 e. The number of carbonyl (C=O) groups excluding carboxylic acids is 4. The molecule has 0 aliphatic carbocycles. The van der Waals surface area contributed by atoms with Crippen molar-refractivity contribution in [2.75, 3.05) is 48.5 Å². The Morgan fingerprint density at radius 2 is 1.49 bits per heavy atom. The predicted molar refractivity (Wildman–Crippen MR) is 169 cm³/mol. The van der Waals surface area contributed by atoms with Crippen LogP contribution in [0.25, 0.3) is 0 Å². The predicted octanol–water partition coefficient (Wildman–Crippen LogP) is 3.66. The molecule has 1 aromatic carbocycles. The van der Waals surface area contributed by atoms with E-state index in [-0.39, 0.29) is 43.1 Å². The molecule has 1 fully saturated rings. The summed E-state index contributed by atoms with van der Waals surface area (Å²) >= 11 is 0. The molecule has 1 aromatic rings. The second-order valence-corrected chi connectivity index (χ2v) is 13.1. The number of esters is 1. The molecular weight excluding hydrogens is 659 g/mol. The van der Waals surface area contributed by atoms with Crippen LogP contribution in [0.2, 0.25) is 0 Å². The molecule has 1 saturated heterocycles. The number of nitrogens with zero attached hydrogens (tertiary/aromatic N) is 3. The zero-order valence-electron chi connectivity index (χ0n) is 29.8. The van der Waals surface area contributed by atoms with Crippen LogP contribution in [0.1, 0.15) is 60.3 Å². The summed E-state index contributed by atoms with van der Waals surface area (Å²) in [6, 6.07) is -1.29. The number of nitrogens with one attached hydrogen (secondary N) is 1. The van der Waals surface area contributed by atoms with E-state index in [9.17, 15) is 41.1 Å². The van der Waals surface area contributed by atoms with Crippen molar-refractivity contribution < 1.29 is 55.3 Å². The van der Waals surface area contributed by atoms with Crippen molar-refractivity contribution in [2.45, 2.75) is 90.1 Å². The topological polar surface area (TPSA) is 118 Å². The fraction of sp³-hybridized carbons (Fsp3) is 0.697. The number of hydrogen-bond donors (Lipinski definition) is 1. The van der Waals surface area contributed by atoms with E-state index in [1.54, 1.807) is 39.9 Å². The van der Waals surface area contributed by atoms with Crippen LogP contribution in [0.15, 0.2) is 0 Å². The minimum absolute atomic E-state index is 0.126. The zero-order chi connectivity index (χ0) is 37.5. The smallest absolute Gasteiger partial charge is 0.316 e. The van der Waals surface area contributed by atoms with Gasteiger partial charge in [0.05, 0.1) is 48.7 Å². The molecule has 0 bridgehead atoms. The first kappa shape index (κ1) is 41.8. The van der Waals surface area contributed by atoms with E-state index in [1.165, 1.54) is 30.9 Å². The van der Waals surface area contributed by atoms with Gasteiger partial charge in [0.25, 0.3) is 0 Å². The van der Waals surface area contributed by atoms with E-state index in [0.717, 1.165) is 0 Å². The Morgan fingerprint density at radius 1 is 0.939 bits per heavy atom. The highest BCUT2D eigenvalue weighted by atomic mass is 19.2. The first-order chi connectivity index (χ1) is 22.8. The number of methoxy groups -OCH3 is 2. The summed E-state index contributed by atoms with van der Waals surface area (Å²) in [6.45, 7) is 8.58. The van der Waals surface area contributed by atoms with Crippen molar-refractivity contribution in [3.05, 3.63) is 29.1 Å². The molecule has 0 spiro atoms. The van der Waals surface area contributed by atoms with Crippen LogP contribution < -0.4 is 10.1 Å². The van der Waals surface area contributed by atoms with Gasteiger partial charge in [0.2, 0.25) is 52.6 Å². The van der Waals surface area contributed by atoms with Gasteiger partial charge in [0.1, 0.15) is 0 Å². The van der Waals surface area contributed by atoms with Crippen LogP contribution in [-0.2, 0) is 28.7 Å². The lowest BCUT2D eigenvalue weighted by Gasteiger charge is -2.39. The van der Waals surface area contributed by atoms with Crippen molar-refractivity contribution in [1.82, 2.24) is 20.0 Å². The summed E-state index contributed by atoms with van der Waals surface area (Å²) in [5, 5.41) is 2.68. The average molecular weight is 709 g/mol. The Kier molecular flexibility index (Phi) is 14.9. The third-order valence-electron chi connectivity index (χ3n) is 9.71. The lowest BCUT2D eigenvalue weighted by atomic mass is 9.90. The maximum atomic E-state index is 14.2. The van der Waals surface area contributed by atoms with E-state index in [0.29, 0.717) is 19.3 Å². The molecule has 2 rings (SSSR count). The van der Waals surface area contributed by atoms with Crippen molar-refractivity contribution in [2.24, 2.45) is 11.8 Å². The number of halogens is 5. The van der Waals surface area contributed by atoms with Gasteiger partial charge in [-0.05, 0) is 53.6 Å². The van der Waals surface area contributed by atoms with Crippen LogP contribution in [0.4, 0.5) is 22.0 Å². The molecule has 278 valence electrons. The molecule has 1 N–H and O–H groups in total. The first-order valence-electron chi connectivity index (χ1n) is 16.1. The molecular formula is C33H49F5N4O7. The molecule has 0 unspecified atom stereocenters. The summed E-state index contributed by atoms with van der Waals surface area (Å²) in [7, 11) is 7.75. The standard InChI is InChI=1S/C33H49F5N4O7/c1-11-17(2)28(41(8)22(44)16-39-32(46)33(4,5)40(6)7)20(47-9)15-21(43)42-14-12-13-19(42)29(48-10)18(3)31(45)49-30-26(37)24(35)23(34)25(36)27(30)38/h17-20,28-29H,11-16H2,1-10H3,(H,39,46)/t17-,18+,19-,20+,28-,29+/m0/s1. The summed E-state index contributed by atoms with van der Waals surface area (Å²) in [5.74, 6) is -17.1. The summed E-state index contributed by atoms with van der Waals surface area (Å²) in [5.41, 5.74) is -0.861. The number of ether oxygens (including phenoxy) is 3. The zero-order valence-corrected chi connectivity index (χ0v) is 29.8. The summed E-state index contributed by atoms with van der Waals surface area (Å²) in [6.07, 6.45) is -0.492. The first-order valence-corrected chi connectivity index (χ1v) is 16.1. The van der Waals surface area contributed by atoms with Crippen LogP contribution in [0.3, 0.4) is 0 Å². The molecule has 11 nitrogen and oxygen atoms in total. The van der Waals surface area contributed by atoms with Gasteiger partial charge in [-0.3, -0.25) is 24.1 Å². The number of amides is 3. The lowest BCUT2D eigenvalue weighted by Crippen LogP contribution is -2.56. The number of likely N-dealkylation sites (N-methyl/N-ethyl adjacent to an activating group) is 2. The van der Waals surface area contributed by atoms with Crippen molar-refractivity contribution in [3.8, 4) is 5.75 Å². The molecule has 0 radical (unpaired) electrons. The molecule has 49 heavy (non-hydrogen) atoms. The third kappa shape index (κ3) is 9.25. The Bertz CT molecular complexity index is 1340. The monoisotopic (exact) mass is 708 g/mol. The SMILES string of the molecule is CC[C@H](C)[C@@H]([C@@H](CC(=O)N1CCC[C@H]1[C@H](OC)[C@@H](C)C(=O)Oc1c(F)c(F)c(F)c(F)c1F)OC)N(C)C(=O)CNC(=O)C(C)(C)N(C)C. The van der Waals surface area contributed by atoms with Gasteiger partial charge >= 0.3 is 5.97 Å². The molecule has 3 amide bonds. The van der Waals surface area contributed by atoms with E-state index in [4.69, 9.17) is 9.47 Å². The highest BCUT2D eigenvalue weighted by Gasteiger charge is 2.43. The van der Waals surface area contributed by atoms with E-state index in [2.05, 4.69) is 10.1 Å². The molecule has 0 aromatic heterocycles. The molecule has 1 heterocycles. The van der Waals surface area contributed by atoms with Gasteiger partial charge in [-0.15, -0.1) is 0 Å². The molecule has 0 saturated carbocycles. The number of rotatable bonds is 16. The van der Waals surface area contributed by atoms with Crippen LogP contribution in [0, 0.1) is 40.9 Å². The quantitative estimate of drug-likeness (QED) is 0.0910. The van der Waals surface area contributed by atoms with Gasteiger partial charge in [0.15, 0.2) is 0 Å². The van der Waals surface area contributed by atoms with Crippen molar-refractivity contribution in [3.63, 3.8) is 0 Å². The Hall–Kier alpha value is -3.37. The third-order valence-corrected chi connectivity index (χ3v) is 9.71. The number of likely N-dealkylation sites (tertiary alicyclic amines) is 1. The maximum Gasteiger partial charge on any atom is 0.316 e. The van der Waals surface area contributed by atoms with E-state index >= 15 is 0 Å². The van der Waals surface area contributed by atoms with Gasteiger partial charge < -0.3 is 29.3 Å². The van der Waals surface area contributed by atoms with Crippen molar-refractivity contribution >= 4 is 23.7 Å². The number of carbonyl (C=O) groups is 4. The molecule has 6 atom stereocenters. The molecule has 16 heteroatoms. The van der Waals surface area contributed by atoms with Gasteiger partial charge in [0, 0.05) is 27.8 Å². The number of hydrogen-bond acceptors (Lipinski definition) is 8. The van der Waals surface area contributed by atoms with Gasteiger partial charge in [-0.1, -0.05) is 20.3 Å². The highest BCUT2D eigenvalue weighted by Crippen LogP contribution is 2.32. The van der Waals surface area contributed by atoms with Crippen molar-refractivity contribution in [1.29, 1.82) is 0 Å². The summed E-state index contributed by atoms with van der Waals surface area (Å²) in [4.78, 5) is 57.4. The fourth-order valence-corrected chi connectivity index (χ4v) is 5.88. The maximum absolute atomic E-state index is 14.2. The van der Waals surface area contributed by atoms with Crippen LogP contribution >= 0.6 is 0 Å². The second-order valence-electron chi connectivity index (χ2n) is 13.1. The minimum atomic E-state index is -2.39. The lowest BCUT2D eigenvalue weighted by molar-refractivity contribution is -0.150.